The molecule has 2 aliphatic rings. The SMILES string of the molecule is C=CC(=O)Nc1cc2c(o1)CN(S(=O)(=O)c1ccc(NC(=O)c3cc4c(s3)CCCC4)cc1)C2. The van der Waals surface area contributed by atoms with Crippen LogP contribution in [0, 0.1) is 0 Å². The molecule has 2 aromatic heterocycles. The van der Waals surface area contributed by atoms with Crippen molar-refractivity contribution in [2.75, 3.05) is 10.6 Å². The molecule has 0 spiro atoms. The van der Waals surface area contributed by atoms with Gasteiger partial charge in [-0.05, 0) is 67.7 Å². The number of aryl methyl sites for hydroxylation is 2. The Bertz CT molecular complexity index is 1340. The Kier molecular flexibility index (Phi) is 5.88. The monoisotopic (exact) mass is 497 g/mol. The maximum absolute atomic E-state index is 13.1. The molecule has 3 heterocycles. The molecule has 0 radical (unpaired) electrons. The van der Waals surface area contributed by atoms with Gasteiger partial charge in [-0.1, -0.05) is 6.58 Å². The van der Waals surface area contributed by atoms with Gasteiger partial charge in [-0.15, -0.1) is 11.3 Å². The van der Waals surface area contributed by atoms with Gasteiger partial charge in [-0.2, -0.15) is 4.31 Å². The summed E-state index contributed by atoms with van der Waals surface area (Å²) in [7, 11) is -3.76. The number of sulfonamides is 1. The molecule has 5 rings (SSSR count). The standard InChI is InChI=1S/C24H23N3O5S2/c1-2-22(28)26-23-12-16-13-27(14-19(16)32-23)34(30,31)18-9-7-17(8-10-18)25-24(29)21-11-15-5-3-4-6-20(15)33-21/h2,7-12H,1,3-6,13-14H2,(H,25,29)(H,26,28). The second-order valence-electron chi connectivity index (χ2n) is 8.27. The first-order valence-corrected chi connectivity index (χ1v) is 13.2. The maximum Gasteiger partial charge on any atom is 0.265 e. The zero-order valence-corrected chi connectivity index (χ0v) is 19.9. The number of furan rings is 1. The zero-order chi connectivity index (χ0) is 23.9. The van der Waals surface area contributed by atoms with Crippen LogP contribution in [0.2, 0.25) is 0 Å². The lowest BCUT2D eigenvalue weighted by Gasteiger charge is -2.16. The fourth-order valence-electron chi connectivity index (χ4n) is 4.20. The average Bonchev–Trinajstić information content (AvgIpc) is 3.52. The Balaban J connectivity index is 1.25. The van der Waals surface area contributed by atoms with Crippen LogP contribution in [0.25, 0.3) is 0 Å². The van der Waals surface area contributed by atoms with Crippen molar-refractivity contribution in [3.63, 3.8) is 0 Å². The minimum atomic E-state index is -3.76. The van der Waals surface area contributed by atoms with Crippen molar-refractivity contribution in [2.24, 2.45) is 0 Å². The lowest BCUT2D eigenvalue weighted by atomic mass is 9.99. The average molecular weight is 498 g/mol. The highest BCUT2D eigenvalue weighted by Gasteiger charge is 2.33. The summed E-state index contributed by atoms with van der Waals surface area (Å²) in [6, 6.07) is 9.75. The molecular weight excluding hydrogens is 474 g/mol. The van der Waals surface area contributed by atoms with Gasteiger partial charge < -0.3 is 9.73 Å². The Morgan fingerprint density at radius 3 is 2.50 bits per heavy atom. The summed E-state index contributed by atoms with van der Waals surface area (Å²) in [5.74, 6) is 0.172. The van der Waals surface area contributed by atoms with Gasteiger partial charge in [0.1, 0.15) is 5.76 Å². The highest BCUT2D eigenvalue weighted by Crippen LogP contribution is 2.33. The highest BCUT2D eigenvalue weighted by atomic mass is 32.2. The van der Waals surface area contributed by atoms with Crippen LogP contribution < -0.4 is 10.6 Å². The van der Waals surface area contributed by atoms with Crippen molar-refractivity contribution < 1.29 is 22.4 Å². The van der Waals surface area contributed by atoms with Gasteiger partial charge in [0.15, 0.2) is 5.88 Å². The van der Waals surface area contributed by atoms with E-state index in [0.717, 1.165) is 31.8 Å². The third-order valence-corrected chi connectivity index (χ3v) is 9.01. The van der Waals surface area contributed by atoms with Gasteiger partial charge in [0.2, 0.25) is 15.9 Å². The van der Waals surface area contributed by atoms with Gasteiger partial charge in [-0.25, -0.2) is 8.42 Å². The first kappa shape index (κ1) is 22.6. The minimum absolute atomic E-state index is 0.0726. The summed E-state index contributed by atoms with van der Waals surface area (Å²) in [5, 5.41) is 5.39. The lowest BCUT2D eigenvalue weighted by molar-refractivity contribution is -0.112. The molecule has 2 amide bonds. The molecule has 1 aromatic carbocycles. The van der Waals surface area contributed by atoms with Crippen LogP contribution in [-0.2, 0) is 40.7 Å². The zero-order valence-electron chi connectivity index (χ0n) is 18.3. The van der Waals surface area contributed by atoms with Crippen molar-refractivity contribution in [2.45, 2.75) is 43.7 Å². The molecule has 0 unspecified atom stereocenters. The van der Waals surface area contributed by atoms with Crippen LogP contribution in [0.3, 0.4) is 0 Å². The third kappa shape index (κ3) is 4.31. The van der Waals surface area contributed by atoms with Crippen LogP contribution >= 0.6 is 11.3 Å². The van der Waals surface area contributed by atoms with E-state index in [1.165, 1.54) is 38.2 Å². The molecule has 1 aliphatic heterocycles. The second-order valence-corrected chi connectivity index (χ2v) is 11.3. The number of anilines is 2. The number of fused-ring (bicyclic) bond motifs is 2. The van der Waals surface area contributed by atoms with Crippen LogP contribution in [0.1, 0.15) is 44.3 Å². The molecule has 34 heavy (non-hydrogen) atoms. The summed E-state index contributed by atoms with van der Waals surface area (Å²) in [4.78, 5) is 26.2. The van der Waals surface area contributed by atoms with Crippen LogP contribution in [0.5, 0.6) is 0 Å². The molecule has 2 N–H and O–H groups in total. The number of thiophene rings is 1. The Labute approximate surface area is 201 Å². The molecule has 10 heteroatoms. The third-order valence-electron chi connectivity index (χ3n) is 5.97. The summed E-state index contributed by atoms with van der Waals surface area (Å²) in [6.45, 7) is 3.60. The molecule has 176 valence electrons. The smallest absolute Gasteiger partial charge is 0.265 e. The minimum Gasteiger partial charge on any atom is -0.444 e. The van der Waals surface area contributed by atoms with Gasteiger partial charge in [0, 0.05) is 28.7 Å². The maximum atomic E-state index is 13.1. The molecule has 0 atom stereocenters. The van der Waals surface area contributed by atoms with Crippen LogP contribution in [0.4, 0.5) is 11.6 Å². The van der Waals surface area contributed by atoms with E-state index in [0.29, 0.717) is 21.9 Å². The topological polar surface area (TPSA) is 109 Å². The fourth-order valence-corrected chi connectivity index (χ4v) is 6.72. The van der Waals surface area contributed by atoms with Crippen molar-refractivity contribution in [3.8, 4) is 0 Å². The number of hydrogen-bond donors (Lipinski definition) is 2. The fraction of sp³-hybridized carbons (Fsp3) is 0.250. The molecular formula is C24H23N3O5S2. The van der Waals surface area contributed by atoms with E-state index in [1.807, 2.05) is 6.07 Å². The first-order chi connectivity index (χ1) is 16.3. The van der Waals surface area contributed by atoms with Gasteiger partial charge >= 0.3 is 0 Å². The van der Waals surface area contributed by atoms with Gasteiger partial charge in [0.25, 0.3) is 5.91 Å². The summed E-state index contributed by atoms with van der Waals surface area (Å²) in [5.41, 5.74) is 2.50. The Morgan fingerprint density at radius 1 is 1.03 bits per heavy atom. The number of nitrogens with zero attached hydrogens (tertiary/aromatic N) is 1. The number of benzene rings is 1. The number of hydrogen-bond acceptors (Lipinski definition) is 6. The number of nitrogens with one attached hydrogen (secondary N) is 2. The molecule has 0 bridgehead atoms. The quantitative estimate of drug-likeness (QED) is 0.494. The van der Waals surface area contributed by atoms with Crippen molar-refractivity contribution in [1.82, 2.24) is 4.31 Å². The summed E-state index contributed by atoms with van der Waals surface area (Å²) >= 11 is 1.54. The molecule has 0 fully saturated rings. The number of rotatable bonds is 6. The van der Waals surface area contributed by atoms with Crippen molar-refractivity contribution in [1.29, 1.82) is 0 Å². The van der Waals surface area contributed by atoms with E-state index < -0.39 is 15.9 Å². The highest BCUT2D eigenvalue weighted by molar-refractivity contribution is 7.89. The normalized spacial score (nSPS) is 15.4. The molecule has 0 saturated heterocycles. The van der Waals surface area contributed by atoms with Gasteiger partial charge in [0.05, 0.1) is 16.3 Å². The Morgan fingerprint density at radius 2 is 1.79 bits per heavy atom. The van der Waals surface area contributed by atoms with E-state index in [9.17, 15) is 18.0 Å². The van der Waals surface area contributed by atoms with Crippen LogP contribution in [0.15, 0.2) is 58.4 Å². The Hall–Kier alpha value is -3.21. The van der Waals surface area contributed by atoms with E-state index in [4.69, 9.17) is 4.42 Å². The number of carbonyl (C=O) groups is 2. The van der Waals surface area contributed by atoms with Gasteiger partial charge in [-0.3, -0.25) is 14.9 Å². The van der Waals surface area contributed by atoms with E-state index in [1.54, 1.807) is 18.2 Å². The molecule has 8 nitrogen and oxygen atoms in total. The largest absolute Gasteiger partial charge is 0.444 e. The second kappa shape index (κ2) is 8.86. The van der Waals surface area contributed by atoms with E-state index in [-0.39, 0.29) is 29.8 Å². The molecule has 1 aliphatic carbocycles. The lowest BCUT2D eigenvalue weighted by Crippen LogP contribution is -2.25. The van der Waals surface area contributed by atoms with E-state index >= 15 is 0 Å². The number of amides is 2. The number of carbonyl (C=O) groups excluding carboxylic acids is 2. The summed E-state index contributed by atoms with van der Waals surface area (Å²) in [6.07, 6.45) is 5.50. The van der Waals surface area contributed by atoms with Crippen molar-refractivity contribution in [3.05, 3.63) is 75.7 Å². The first-order valence-electron chi connectivity index (χ1n) is 10.9. The van der Waals surface area contributed by atoms with Crippen molar-refractivity contribution >= 4 is 44.7 Å². The summed E-state index contributed by atoms with van der Waals surface area (Å²) < 4.78 is 33.1. The predicted octanol–water partition coefficient (Wildman–Crippen LogP) is 4.30. The van der Waals surface area contributed by atoms with Crippen LogP contribution in [-0.4, -0.2) is 24.5 Å². The molecule has 3 aromatic rings. The molecule has 0 saturated carbocycles. The predicted molar refractivity (Wildman–Crippen MR) is 129 cm³/mol. The van der Waals surface area contributed by atoms with E-state index in [2.05, 4.69) is 17.2 Å².